The molecule has 0 bridgehead atoms. The molecule has 3 rings (SSSR count). The Morgan fingerprint density at radius 3 is 2.73 bits per heavy atom. The molecule has 1 aromatic heterocycles. The van der Waals surface area contributed by atoms with Crippen LogP contribution in [0.3, 0.4) is 0 Å². The summed E-state index contributed by atoms with van der Waals surface area (Å²) < 4.78 is 3.93. The summed E-state index contributed by atoms with van der Waals surface area (Å²) in [7, 11) is 0. The molecule has 0 atom stereocenters. The molecular formula is C12H6BrClSe. The van der Waals surface area contributed by atoms with E-state index in [1.807, 2.05) is 6.07 Å². The van der Waals surface area contributed by atoms with Crippen molar-refractivity contribution in [3.8, 4) is 0 Å². The summed E-state index contributed by atoms with van der Waals surface area (Å²) in [5.74, 6) is 0. The first-order valence-electron chi connectivity index (χ1n) is 4.52. The number of rotatable bonds is 0. The minimum atomic E-state index is 0.402. The molecule has 0 amide bonds. The first-order valence-corrected chi connectivity index (χ1v) is 7.40. The van der Waals surface area contributed by atoms with Crippen LogP contribution < -0.4 is 0 Å². The van der Waals surface area contributed by atoms with Crippen LogP contribution in [-0.4, -0.2) is 14.5 Å². The Balaban J connectivity index is 2.61. The van der Waals surface area contributed by atoms with Crippen LogP contribution in [0.1, 0.15) is 0 Å². The van der Waals surface area contributed by atoms with E-state index in [9.17, 15) is 0 Å². The van der Waals surface area contributed by atoms with E-state index in [1.165, 1.54) is 19.3 Å². The Hall–Kier alpha value is -0.271. The Kier molecular flexibility index (Phi) is 2.41. The predicted molar refractivity (Wildman–Crippen MR) is 71.1 cm³/mol. The van der Waals surface area contributed by atoms with Crippen molar-refractivity contribution in [2.24, 2.45) is 0 Å². The fraction of sp³-hybridized carbons (Fsp3) is 0. The van der Waals surface area contributed by atoms with Crippen LogP contribution in [-0.2, 0) is 0 Å². The van der Waals surface area contributed by atoms with Crippen molar-refractivity contribution in [1.82, 2.24) is 0 Å². The molecule has 15 heavy (non-hydrogen) atoms. The average molecular weight is 344 g/mol. The summed E-state index contributed by atoms with van der Waals surface area (Å²) in [6.07, 6.45) is 0. The second-order valence-electron chi connectivity index (χ2n) is 3.36. The second-order valence-corrected chi connectivity index (χ2v) is 6.92. The van der Waals surface area contributed by atoms with Gasteiger partial charge in [-0.1, -0.05) is 0 Å². The standard InChI is InChI=1S/C12H6BrClSe/c13-9-5-7(14)6-11-12(9)8-3-1-2-4-10(8)15-11/h1-6H. The van der Waals surface area contributed by atoms with Gasteiger partial charge < -0.3 is 0 Å². The fourth-order valence-corrected chi connectivity index (χ4v) is 5.70. The van der Waals surface area contributed by atoms with Gasteiger partial charge in [0.15, 0.2) is 0 Å². The Labute approximate surface area is 107 Å². The number of hydrogen-bond acceptors (Lipinski definition) is 0. The van der Waals surface area contributed by atoms with E-state index >= 15 is 0 Å². The van der Waals surface area contributed by atoms with E-state index in [2.05, 4.69) is 46.3 Å². The van der Waals surface area contributed by atoms with Crippen LogP contribution in [0.15, 0.2) is 40.9 Å². The predicted octanol–water partition coefficient (Wildman–Crippen LogP) is 4.47. The maximum atomic E-state index is 6.05. The van der Waals surface area contributed by atoms with Gasteiger partial charge in [-0.2, -0.15) is 0 Å². The van der Waals surface area contributed by atoms with Crippen LogP contribution >= 0.6 is 27.5 Å². The molecule has 0 fully saturated rings. The molecule has 0 saturated carbocycles. The van der Waals surface area contributed by atoms with Gasteiger partial charge >= 0.3 is 107 Å². The molecule has 3 heteroatoms. The van der Waals surface area contributed by atoms with Gasteiger partial charge in [0.1, 0.15) is 0 Å². The van der Waals surface area contributed by atoms with Crippen molar-refractivity contribution in [2.75, 3.05) is 0 Å². The summed E-state index contributed by atoms with van der Waals surface area (Å²) in [6, 6.07) is 12.6. The van der Waals surface area contributed by atoms with Crippen molar-refractivity contribution in [3.05, 3.63) is 45.9 Å². The molecule has 3 aromatic rings. The monoisotopic (exact) mass is 344 g/mol. The molecule has 0 aliphatic heterocycles. The van der Waals surface area contributed by atoms with Gasteiger partial charge in [0.2, 0.25) is 0 Å². The molecule has 0 saturated heterocycles. The van der Waals surface area contributed by atoms with Crippen LogP contribution in [0.2, 0.25) is 5.02 Å². The fourth-order valence-electron chi connectivity index (χ4n) is 1.77. The zero-order valence-electron chi connectivity index (χ0n) is 7.63. The molecule has 2 aromatic carbocycles. The Bertz CT molecular complexity index is 657. The molecule has 0 unspecified atom stereocenters. The molecule has 74 valence electrons. The van der Waals surface area contributed by atoms with E-state index in [1.54, 1.807) is 0 Å². The molecule has 0 spiro atoms. The molecule has 0 aliphatic rings. The zero-order chi connectivity index (χ0) is 10.4. The summed E-state index contributed by atoms with van der Waals surface area (Å²) in [5.41, 5.74) is 0. The zero-order valence-corrected chi connectivity index (χ0v) is 11.7. The third-order valence-electron chi connectivity index (χ3n) is 2.40. The van der Waals surface area contributed by atoms with E-state index in [0.29, 0.717) is 14.5 Å². The second kappa shape index (κ2) is 3.64. The topological polar surface area (TPSA) is 0 Å². The molecule has 1 heterocycles. The molecular weight excluding hydrogens is 338 g/mol. The van der Waals surface area contributed by atoms with Crippen LogP contribution in [0.5, 0.6) is 0 Å². The van der Waals surface area contributed by atoms with Crippen molar-refractivity contribution >= 4 is 61.3 Å². The van der Waals surface area contributed by atoms with Crippen LogP contribution in [0.25, 0.3) is 19.3 Å². The first-order chi connectivity index (χ1) is 7.25. The van der Waals surface area contributed by atoms with Gasteiger partial charge in [0, 0.05) is 0 Å². The quantitative estimate of drug-likeness (QED) is 0.528. The SMILES string of the molecule is Clc1cc(Br)c2c(c1)[se]c1ccccc12. The maximum absolute atomic E-state index is 6.05. The summed E-state index contributed by atoms with van der Waals surface area (Å²) in [4.78, 5) is 0. The van der Waals surface area contributed by atoms with Gasteiger partial charge in [-0.3, -0.25) is 0 Å². The molecule has 0 radical (unpaired) electrons. The van der Waals surface area contributed by atoms with Gasteiger partial charge in [-0.15, -0.1) is 0 Å². The number of fused-ring (bicyclic) bond motifs is 3. The van der Waals surface area contributed by atoms with Crippen molar-refractivity contribution in [1.29, 1.82) is 0 Å². The third kappa shape index (κ3) is 1.57. The van der Waals surface area contributed by atoms with Crippen LogP contribution in [0, 0.1) is 0 Å². The summed E-state index contributed by atoms with van der Waals surface area (Å²) in [5, 5.41) is 3.50. The van der Waals surface area contributed by atoms with Crippen molar-refractivity contribution in [3.63, 3.8) is 0 Å². The number of hydrogen-bond donors (Lipinski definition) is 0. The van der Waals surface area contributed by atoms with Gasteiger partial charge in [0.25, 0.3) is 0 Å². The minimum absolute atomic E-state index is 0.402. The third-order valence-corrected chi connectivity index (χ3v) is 5.58. The van der Waals surface area contributed by atoms with Crippen LogP contribution in [0.4, 0.5) is 0 Å². The first kappa shape index (κ1) is 9.92. The van der Waals surface area contributed by atoms with Gasteiger partial charge in [-0.25, -0.2) is 0 Å². The summed E-state index contributed by atoms with van der Waals surface area (Å²) in [6.45, 7) is 0. The number of halogens is 2. The normalized spacial score (nSPS) is 11.3. The van der Waals surface area contributed by atoms with Crippen molar-refractivity contribution < 1.29 is 0 Å². The molecule has 0 N–H and O–H groups in total. The Morgan fingerprint density at radius 1 is 1.07 bits per heavy atom. The molecule has 0 nitrogen and oxygen atoms in total. The van der Waals surface area contributed by atoms with Gasteiger partial charge in [-0.05, 0) is 0 Å². The van der Waals surface area contributed by atoms with E-state index < -0.39 is 0 Å². The van der Waals surface area contributed by atoms with Gasteiger partial charge in [0.05, 0.1) is 0 Å². The van der Waals surface area contributed by atoms with E-state index in [4.69, 9.17) is 11.6 Å². The Morgan fingerprint density at radius 2 is 1.87 bits per heavy atom. The van der Waals surface area contributed by atoms with E-state index in [-0.39, 0.29) is 0 Å². The number of benzene rings is 2. The molecule has 0 aliphatic carbocycles. The van der Waals surface area contributed by atoms with E-state index in [0.717, 1.165) is 9.50 Å². The average Bonchev–Trinajstić information content (AvgIpc) is 2.54. The summed E-state index contributed by atoms with van der Waals surface area (Å²) >= 11 is 10.0. The van der Waals surface area contributed by atoms with Crippen molar-refractivity contribution in [2.45, 2.75) is 0 Å².